The van der Waals surface area contributed by atoms with Crippen LogP contribution >= 0.6 is 0 Å². The fourth-order valence-corrected chi connectivity index (χ4v) is 3.43. The normalized spacial score (nSPS) is 15.7. The minimum absolute atomic E-state index is 0.0830. The Kier molecular flexibility index (Phi) is 5.76. The number of nitrogens with one attached hydrogen (secondary N) is 1. The maximum absolute atomic E-state index is 12.0. The zero-order chi connectivity index (χ0) is 16.9. The molecule has 1 atom stereocenters. The van der Waals surface area contributed by atoms with Crippen molar-refractivity contribution in [3.8, 4) is 0 Å². The molecule has 1 aliphatic rings. The van der Waals surface area contributed by atoms with Gasteiger partial charge in [0.15, 0.2) is 16.4 Å². The molecule has 1 aliphatic carbocycles. The van der Waals surface area contributed by atoms with E-state index in [-0.39, 0.29) is 35.6 Å². The highest BCUT2D eigenvalue weighted by molar-refractivity contribution is 7.91. The van der Waals surface area contributed by atoms with Gasteiger partial charge in [-0.1, -0.05) is 18.2 Å². The molecular formula is C16H21NO5S. The number of esters is 1. The predicted molar refractivity (Wildman–Crippen MR) is 84.4 cm³/mol. The Bertz CT molecular complexity index is 652. The van der Waals surface area contributed by atoms with Gasteiger partial charge in [-0.2, -0.15) is 0 Å². The second-order valence-electron chi connectivity index (χ2n) is 5.74. The summed E-state index contributed by atoms with van der Waals surface area (Å²) in [5.74, 6) is -0.872. The molecule has 0 radical (unpaired) electrons. The van der Waals surface area contributed by atoms with Gasteiger partial charge in [0.1, 0.15) is 0 Å². The maximum atomic E-state index is 12.0. The van der Waals surface area contributed by atoms with Crippen molar-refractivity contribution in [3.05, 3.63) is 30.3 Å². The van der Waals surface area contributed by atoms with E-state index in [4.69, 9.17) is 4.74 Å². The van der Waals surface area contributed by atoms with E-state index in [0.29, 0.717) is 5.92 Å². The van der Waals surface area contributed by atoms with Crippen molar-refractivity contribution in [2.24, 2.45) is 5.92 Å². The molecule has 0 aromatic heterocycles. The minimum Gasteiger partial charge on any atom is -0.456 e. The maximum Gasteiger partial charge on any atom is 0.307 e. The van der Waals surface area contributed by atoms with E-state index in [1.807, 2.05) is 6.92 Å². The standard InChI is InChI=1S/C16H21NO5S/c1-12(13-7-8-13)17-15(18)11-22-16(19)9-10-23(20,21)14-5-3-2-4-6-14/h2-6,12-13H,7-11H2,1H3,(H,17,18)/t12-/m1/s1. The Hall–Kier alpha value is -1.89. The van der Waals surface area contributed by atoms with Crippen LogP contribution in [-0.4, -0.2) is 38.7 Å². The number of carbonyl (C=O) groups excluding carboxylic acids is 2. The smallest absolute Gasteiger partial charge is 0.307 e. The molecule has 1 aromatic rings. The third-order valence-corrected chi connectivity index (χ3v) is 5.49. The first-order chi connectivity index (χ1) is 10.9. The van der Waals surface area contributed by atoms with Crippen LogP contribution in [-0.2, 0) is 24.2 Å². The Morgan fingerprint density at radius 3 is 2.52 bits per heavy atom. The van der Waals surface area contributed by atoms with Crippen molar-refractivity contribution in [3.63, 3.8) is 0 Å². The van der Waals surface area contributed by atoms with Gasteiger partial charge in [-0.3, -0.25) is 9.59 Å². The minimum atomic E-state index is -3.52. The first-order valence-corrected chi connectivity index (χ1v) is 9.26. The van der Waals surface area contributed by atoms with E-state index < -0.39 is 15.8 Å². The molecule has 1 saturated carbocycles. The lowest BCUT2D eigenvalue weighted by atomic mass is 10.2. The fraction of sp³-hybridized carbons (Fsp3) is 0.500. The van der Waals surface area contributed by atoms with E-state index in [9.17, 15) is 18.0 Å². The third-order valence-electron chi connectivity index (χ3n) is 3.76. The van der Waals surface area contributed by atoms with E-state index >= 15 is 0 Å². The zero-order valence-electron chi connectivity index (χ0n) is 13.0. The van der Waals surface area contributed by atoms with Crippen molar-refractivity contribution in [1.29, 1.82) is 0 Å². The molecule has 0 bridgehead atoms. The fourth-order valence-electron chi connectivity index (χ4n) is 2.19. The number of benzene rings is 1. The highest BCUT2D eigenvalue weighted by Gasteiger charge is 2.29. The molecule has 0 aliphatic heterocycles. The summed E-state index contributed by atoms with van der Waals surface area (Å²) in [4.78, 5) is 23.4. The summed E-state index contributed by atoms with van der Waals surface area (Å²) in [5.41, 5.74) is 0. The van der Waals surface area contributed by atoms with Gasteiger partial charge < -0.3 is 10.1 Å². The van der Waals surface area contributed by atoms with Gasteiger partial charge in [0.2, 0.25) is 0 Å². The Morgan fingerprint density at radius 2 is 1.91 bits per heavy atom. The highest BCUT2D eigenvalue weighted by atomic mass is 32.2. The lowest BCUT2D eigenvalue weighted by Gasteiger charge is -2.12. The second-order valence-corrected chi connectivity index (χ2v) is 7.85. The van der Waals surface area contributed by atoms with Crippen LogP contribution in [0.1, 0.15) is 26.2 Å². The van der Waals surface area contributed by atoms with Gasteiger partial charge in [0.25, 0.3) is 5.91 Å². The van der Waals surface area contributed by atoms with E-state index in [0.717, 1.165) is 12.8 Å². The number of amides is 1. The van der Waals surface area contributed by atoms with Crippen LogP contribution in [0.4, 0.5) is 0 Å². The summed E-state index contributed by atoms with van der Waals surface area (Å²) in [7, 11) is -3.52. The molecule has 1 amide bonds. The number of sulfone groups is 1. The molecule has 0 heterocycles. The first-order valence-electron chi connectivity index (χ1n) is 7.61. The molecule has 126 valence electrons. The molecule has 1 aromatic carbocycles. The van der Waals surface area contributed by atoms with Crippen molar-refractivity contribution in [1.82, 2.24) is 5.32 Å². The summed E-state index contributed by atoms with van der Waals surface area (Å²) >= 11 is 0. The zero-order valence-corrected chi connectivity index (χ0v) is 13.8. The number of rotatable bonds is 8. The van der Waals surface area contributed by atoms with Gasteiger partial charge in [-0.25, -0.2) is 8.42 Å². The Morgan fingerprint density at radius 1 is 1.26 bits per heavy atom. The predicted octanol–water partition coefficient (Wildman–Crippen LogP) is 1.31. The molecule has 0 saturated heterocycles. The summed E-state index contributed by atoms with van der Waals surface area (Å²) in [5, 5.41) is 2.76. The molecule has 2 rings (SSSR count). The number of ether oxygens (including phenoxy) is 1. The lowest BCUT2D eigenvalue weighted by molar-refractivity contribution is -0.148. The summed E-state index contributed by atoms with van der Waals surface area (Å²) < 4.78 is 28.9. The van der Waals surface area contributed by atoms with Gasteiger partial charge >= 0.3 is 5.97 Å². The average Bonchev–Trinajstić information content (AvgIpc) is 3.37. The second kappa shape index (κ2) is 7.59. The number of hydrogen-bond acceptors (Lipinski definition) is 5. The van der Waals surface area contributed by atoms with E-state index in [1.165, 1.54) is 12.1 Å². The number of carbonyl (C=O) groups is 2. The van der Waals surface area contributed by atoms with Crippen molar-refractivity contribution in [2.45, 2.75) is 37.1 Å². The van der Waals surface area contributed by atoms with Crippen molar-refractivity contribution in [2.75, 3.05) is 12.4 Å². The average molecular weight is 339 g/mol. The van der Waals surface area contributed by atoms with Gasteiger partial charge in [-0.05, 0) is 37.8 Å². The SMILES string of the molecule is C[C@@H](NC(=O)COC(=O)CCS(=O)(=O)c1ccccc1)C1CC1. The summed E-state index contributed by atoms with van der Waals surface area (Å²) in [6.07, 6.45) is 1.94. The third kappa shape index (κ3) is 5.67. The van der Waals surface area contributed by atoms with Crippen LogP contribution in [0.25, 0.3) is 0 Å². The van der Waals surface area contributed by atoms with Crippen LogP contribution in [0.2, 0.25) is 0 Å². The van der Waals surface area contributed by atoms with Gasteiger partial charge in [0.05, 0.1) is 17.1 Å². The number of hydrogen-bond donors (Lipinski definition) is 1. The molecule has 1 N–H and O–H groups in total. The van der Waals surface area contributed by atoms with E-state index in [1.54, 1.807) is 18.2 Å². The molecule has 0 unspecified atom stereocenters. The van der Waals surface area contributed by atoms with Crippen LogP contribution < -0.4 is 5.32 Å². The van der Waals surface area contributed by atoms with Crippen LogP contribution in [0.3, 0.4) is 0 Å². The molecule has 0 spiro atoms. The van der Waals surface area contributed by atoms with Crippen LogP contribution in [0.15, 0.2) is 35.2 Å². The molecular weight excluding hydrogens is 318 g/mol. The van der Waals surface area contributed by atoms with E-state index in [2.05, 4.69) is 5.32 Å². The Balaban J connectivity index is 1.71. The summed E-state index contributed by atoms with van der Waals surface area (Å²) in [6.45, 7) is 1.55. The van der Waals surface area contributed by atoms with Crippen molar-refractivity contribution < 1.29 is 22.7 Å². The highest BCUT2D eigenvalue weighted by Crippen LogP contribution is 2.32. The Labute approximate surface area is 136 Å². The molecule has 1 fully saturated rings. The quantitative estimate of drug-likeness (QED) is 0.721. The van der Waals surface area contributed by atoms with Gasteiger partial charge in [-0.15, -0.1) is 0 Å². The monoisotopic (exact) mass is 339 g/mol. The topological polar surface area (TPSA) is 89.5 Å². The molecule has 7 heteroatoms. The molecule has 6 nitrogen and oxygen atoms in total. The first kappa shape index (κ1) is 17.5. The largest absolute Gasteiger partial charge is 0.456 e. The van der Waals surface area contributed by atoms with Crippen molar-refractivity contribution >= 4 is 21.7 Å². The van der Waals surface area contributed by atoms with Crippen LogP contribution in [0, 0.1) is 5.92 Å². The van der Waals surface area contributed by atoms with Gasteiger partial charge in [0, 0.05) is 6.04 Å². The van der Waals surface area contributed by atoms with Crippen LogP contribution in [0.5, 0.6) is 0 Å². The lowest BCUT2D eigenvalue weighted by Crippen LogP contribution is -2.37. The summed E-state index contributed by atoms with van der Waals surface area (Å²) in [6, 6.07) is 8.00. The molecule has 23 heavy (non-hydrogen) atoms.